The largest absolute Gasteiger partial charge is 0.508 e. The van der Waals surface area contributed by atoms with Gasteiger partial charge in [0, 0.05) is 40.1 Å². The molecule has 0 atom stereocenters. The molecule has 0 spiro atoms. The smallest absolute Gasteiger partial charge is 0.342 e. The fraction of sp³-hybridized carbons (Fsp3) is 0.130. The van der Waals surface area contributed by atoms with Gasteiger partial charge in [-0.15, -0.1) is 0 Å². The first-order chi connectivity index (χ1) is 14.5. The first kappa shape index (κ1) is 19.3. The number of anilines is 1. The molecule has 1 heterocycles. The third kappa shape index (κ3) is 3.53. The van der Waals surface area contributed by atoms with Gasteiger partial charge in [-0.25, -0.2) is 4.79 Å². The number of esters is 1. The summed E-state index contributed by atoms with van der Waals surface area (Å²) in [6.07, 6.45) is 0. The van der Waals surface area contributed by atoms with Crippen molar-refractivity contribution in [3.8, 4) is 11.5 Å². The summed E-state index contributed by atoms with van der Waals surface area (Å²) in [5.41, 5.74) is 2.66. The maximum absolute atomic E-state index is 12.3. The molecule has 30 heavy (non-hydrogen) atoms. The monoisotopic (exact) mass is 404 g/mol. The first-order valence-corrected chi connectivity index (χ1v) is 9.48. The lowest BCUT2D eigenvalue weighted by Crippen LogP contribution is -2.21. The zero-order valence-corrected chi connectivity index (χ0v) is 16.3. The van der Waals surface area contributed by atoms with E-state index in [4.69, 9.17) is 4.74 Å². The molecule has 7 heteroatoms. The normalized spacial score (nSPS) is 11.0. The quantitative estimate of drug-likeness (QED) is 0.436. The number of aromatic hydroxyl groups is 2. The molecule has 0 saturated heterocycles. The van der Waals surface area contributed by atoms with Gasteiger partial charge in [0.1, 0.15) is 17.1 Å². The number of ether oxygens (including phenoxy) is 1. The third-order valence-electron chi connectivity index (χ3n) is 4.91. The van der Waals surface area contributed by atoms with E-state index in [-0.39, 0.29) is 11.3 Å². The van der Waals surface area contributed by atoms with Crippen molar-refractivity contribution in [3.63, 3.8) is 0 Å². The Kier molecular flexibility index (Phi) is 5.02. The summed E-state index contributed by atoms with van der Waals surface area (Å²) < 4.78 is 7.18. The summed E-state index contributed by atoms with van der Waals surface area (Å²) in [7, 11) is 0. The molecule has 0 radical (unpaired) electrons. The molecule has 4 aromatic rings. The van der Waals surface area contributed by atoms with E-state index in [1.165, 1.54) is 12.1 Å². The van der Waals surface area contributed by atoms with Gasteiger partial charge >= 0.3 is 5.97 Å². The fourth-order valence-corrected chi connectivity index (χ4v) is 3.57. The number of phenolic OH excluding ortho intramolecular Hbond substituents is 2. The Morgan fingerprint density at radius 3 is 2.50 bits per heavy atom. The van der Waals surface area contributed by atoms with Gasteiger partial charge in [-0.05, 0) is 43.3 Å². The fourth-order valence-electron chi connectivity index (χ4n) is 3.57. The molecule has 1 aromatic heterocycles. The first-order valence-electron chi connectivity index (χ1n) is 9.48. The summed E-state index contributed by atoms with van der Waals surface area (Å²) in [5, 5.41) is 23.8. The number of nitrogens with zero attached hydrogens (tertiary/aromatic N) is 1. The average molecular weight is 404 g/mol. The number of phenols is 2. The average Bonchev–Trinajstić information content (AvgIpc) is 3.05. The molecule has 0 saturated carbocycles. The van der Waals surface area contributed by atoms with Crippen LogP contribution in [0.2, 0.25) is 0 Å². The Bertz CT molecular complexity index is 1280. The lowest BCUT2D eigenvalue weighted by molar-refractivity contribution is -0.119. The maximum atomic E-state index is 12.3. The van der Waals surface area contributed by atoms with Crippen LogP contribution in [-0.4, -0.2) is 33.3 Å². The number of hydrogen-bond donors (Lipinski definition) is 3. The predicted octanol–water partition coefficient (Wildman–Crippen LogP) is 4.02. The number of fused-ring (bicyclic) bond motifs is 3. The number of nitrogens with one attached hydrogen (secondary N) is 1. The van der Waals surface area contributed by atoms with Crippen molar-refractivity contribution in [3.05, 3.63) is 66.2 Å². The van der Waals surface area contributed by atoms with E-state index < -0.39 is 24.2 Å². The predicted molar refractivity (Wildman–Crippen MR) is 114 cm³/mol. The van der Waals surface area contributed by atoms with Crippen molar-refractivity contribution in [2.45, 2.75) is 13.5 Å². The van der Waals surface area contributed by atoms with E-state index in [0.717, 1.165) is 34.4 Å². The van der Waals surface area contributed by atoms with E-state index >= 15 is 0 Å². The number of aryl methyl sites for hydroxylation is 1. The van der Waals surface area contributed by atoms with Crippen LogP contribution in [0.15, 0.2) is 60.7 Å². The van der Waals surface area contributed by atoms with Gasteiger partial charge in [0.2, 0.25) is 0 Å². The minimum atomic E-state index is -0.857. The van der Waals surface area contributed by atoms with Crippen LogP contribution in [0, 0.1) is 0 Å². The second-order valence-electron chi connectivity index (χ2n) is 6.82. The van der Waals surface area contributed by atoms with Gasteiger partial charge in [0.15, 0.2) is 6.61 Å². The minimum absolute atomic E-state index is 0.130. The van der Waals surface area contributed by atoms with E-state index in [0.29, 0.717) is 5.69 Å². The van der Waals surface area contributed by atoms with Crippen molar-refractivity contribution in [2.24, 2.45) is 0 Å². The van der Waals surface area contributed by atoms with Gasteiger partial charge in [-0.1, -0.05) is 18.2 Å². The van der Waals surface area contributed by atoms with Crippen LogP contribution in [0.4, 0.5) is 5.69 Å². The molecule has 0 aliphatic rings. The summed E-state index contributed by atoms with van der Waals surface area (Å²) in [5.74, 6) is -1.95. The summed E-state index contributed by atoms with van der Waals surface area (Å²) in [6.45, 7) is 2.41. The van der Waals surface area contributed by atoms with Gasteiger partial charge in [-0.2, -0.15) is 0 Å². The lowest BCUT2D eigenvalue weighted by atomic mass is 10.1. The molecular weight excluding hydrogens is 384 g/mol. The minimum Gasteiger partial charge on any atom is -0.508 e. The second kappa shape index (κ2) is 7.79. The van der Waals surface area contributed by atoms with Crippen LogP contribution in [0.5, 0.6) is 11.5 Å². The summed E-state index contributed by atoms with van der Waals surface area (Å²) in [6, 6.07) is 17.2. The Morgan fingerprint density at radius 1 is 0.967 bits per heavy atom. The highest BCUT2D eigenvalue weighted by Gasteiger charge is 2.16. The molecule has 152 valence electrons. The second-order valence-corrected chi connectivity index (χ2v) is 6.82. The van der Waals surface area contributed by atoms with Crippen molar-refractivity contribution in [1.82, 2.24) is 4.57 Å². The Labute approximate surface area is 172 Å². The molecule has 0 aliphatic carbocycles. The number of carbonyl (C=O) groups is 2. The van der Waals surface area contributed by atoms with Crippen molar-refractivity contribution in [1.29, 1.82) is 0 Å². The summed E-state index contributed by atoms with van der Waals surface area (Å²) >= 11 is 0. The highest BCUT2D eigenvalue weighted by Crippen LogP contribution is 2.31. The highest BCUT2D eigenvalue weighted by atomic mass is 16.5. The number of para-hydroxylation sites is 1. The summed E-state index contributed by atoms with van der Waals surface area (Å²) in [4.78, 5) is 24.3. The van der Waals surface area contributed by atoms with E-state index in [2.05, 4.69) is 22.9 Å². The lowest BCUT2D eigenvalue weighted by Gasteiger charge is -2.08. The van der Waals surface area contributed by atoms with E-state index in [9.17, 15) is 19.8 Å². The standard InChI is InChI=1S/C23H20N2O5/c1-2-25-19-6-4-3-5-16(19)18-11-14(7-10-20(18)25)24-22(28)13-30-23(29)17-9-8-15(26)12-21(17)27/h3-12,26-27H,2,13H2,1H3,(H,24,28). The van der Waals surface area contributed by atoms with Crippen LogP contribution < -0.4 is 5.32 Å². The van der Waals surface area contributed by atoms with Gasteiger partial charge in [-0.3, -0.25) is 4.79 Å². The molecule has 3 N–H and O–H groups in total. The van der Waals surface area contributed by atoms with Crippen LogP contribution in [0.3, 0.4) is 0 Å². The maximum Gasteiger partial charge on any atom is 0.342 e. The number of benzene rings is 3. The van der Waals surface area contributed by atoms with Gasteiger partial charge in [0.25, 0.3) is 5.91 Å². The molecule has 4 rings (SSSR count). The molecule has 0 unspecified atom stereocenters. The zero-order valence-electron chi connectivity index (χ0n) is 16.3. The number of carbonyl (C=O) groups excluding carboxylic acids is 2. The topological polar surface area (TPSA) is 101 Å². The SMILES string of the molecule is CCn1c2ccccc2c2cc(NC(=O)COC(=O)c3ccc(O)cc3O)ccc21. The number of rotatable bonds is 5. The van der Waals surface area contributed by atoms with Crippen LogP contribution in [-0.2, 0) is 16.1 Å². The van der Waals surface area contributed by atoms with E-state index in [1.807, 2.05) is 30.3 Å². The Morgan fingerprint density at radius 2 is 1.73 bits per heavy atom. The van der Waals surface area contributed by atoms with Gasteiger partial charge in [0.05, 0.1) is 0 Å². The van der Waals surface area contributed by atoms with Crippen LogP contribution >= 0.6 is 0 Å². The van der Waals surface area contributed by atoms with Crippen molar-refractivity contribution in [2.75, 3.05) is 11.9 Å². The highest BCUT2D eigenvalue weighted by molar-refractivity contribution is 6.10. The molecule has 1 amide bonds. The van der Waals surface area contributed by atoms with Gasteiger partial charge < -0.3 is 24.8 Å². The molecule has 0 fully saturated rings. The zero-order chi connectivity index (χ0) is 21.3. The number of amides is 1. The molecule has 0 bridgehead atoms. The van der Waals surface area contributed by atoms with Crippen molar-refractivity contribution < 1.29 is 24.5 Å². The molecule has 3 aromatic carbocycles. The Balaban J connectivity index is 1.49. The number of aromatic nitrogens is 1. The molecule has 0 aliphatic heterocycles. The van der Waals surface area contributed by atoms with E-state index in [1.54, 1.807) is 6.07 Å². The van der Waals surface area contributed by atoms with Crippen molar-refractivity contribution >= 4 is 39.4 Å². The Hall–Kier alpha value is -4.00. The number of hydrogen-bond acceptors (Lipinski definition) is 5. The van der Waals surface area contributed by atoms with Crippen LogP contribution in [0.25, 0.3) is 21.8 Å². The molecular formula is C23H20N2O5. The third-order valence-corrected chi connectivity index (χ3v) is 4.91. The van der Waals surface area contributed by atoms with Crippen LogP contribution in [0.1, 0.15) is 17.3 Å². The molecule has 7 nitrogen and oxygen atoms in total.